The Morgan fingerprint density at radius 3 is 2.45 bits per heavy atom. The van der Waals surface area contributed by atoms with Crippen LogP contribution >= 0.6 is 54.5 Å². The maximum Gasteiger partial charge on any atom is 0.333 e. The van der Waals surface area contributed by atoms with Gasteiger partial charge in [-0.15, -0.1) is 0 Å². The zero-order chi connectivity index (χ0) is 15.3. The molecular weight excluding hydrogens is 507 g/mol. The van der Waals surface area contributed by atoms with Crippen molar-refractivity contribution in [2.45, 2.75) is 13.0 Å². The Morgan fingerprint density at radius 1 is 1.40 bits per heavy atom. The molecule has 0 spiro atoms. The van der Waals surface area contributed by atoms with Gasteiger partial charge >= 0.3 is 5.97 Å². The van der Waals surface area contributed by atoms with Crippen LogP contribution in [0.4, 0.5) is 0 Å². The topological polar surface area (TPSA) is 55.8 Å². The van der Waals surface area contributed by atoms with E-state index < -0.39 is 12.1 Å². The maximum absolute atomic E-state index is 11.2. The van der Waals surface area contributed by atoms with Crippen LogP contribution in [-0.4, -0.2) is 30.4 Å². The van der Waals surface area contributed by atoms with E-state index in [-0.39, 0.29) is 13.2 Å². The molecule has 4 nitrogen and oxygen atoms in total. The van der Waals surface area contributed by atoms with Gasteiger partial charge in [-0.1, -0.05) is 6.58 Å². The van der Waals surface area contributed by atoms with E-state index in [1.807, 2.05) is 12.1 Å². The minimum Gasteiger partial charge on any atom is -0.488 e. The first kappa shape index (κ1) is 17.9. The second kappa shape index (κ2) is 8.35. The van der Waals surface area contributed by atoms with Gasteiger partial charge in [-0.25, -0.2) is 4.79 Å². The summed E-state index contributed by atoms with van der Waals surface area (Å²) in [5.74, 6) is 0.0661. The summed E-state index contributed by atoms with van der Waals surface area (Å²) in [6.07, 6.45) is -0.906. The number of aliphatic hydroxyl groups is 1. The van der Waals surface area contributed by atoms with Crippen LogP contribution < -0.4 is 4.74 Å². The largest absolute Gasteiger partial charge is 0.488 e. The first-order chi connectivity index (χ1) is 9.31. The number of rotatable bonds is 6. The van der Waals surface area contributed by atoms with Gasteiger partial charge in [-0.2, -0.15) is 0 Å². The van der Waals surface area contributed by atoms with Gasteiger partial charge in [0, 0.05) is 9.14 Å². The van der Waals surface area contributed by atoms with Gasteiger partial charge < -0.3 is 14.6 Å². The molecule has 20 heavy (non-hydrogen) atoms. The summed E-state index contributed by atoms with van der Waals surface area (Å²) in [7, 11) is 0. The third-order valence-electron chi connectivity index (χ3n) is 2.14. The summed E-state index contributed by atoms with van der Waals surface area (Å²) in [4.78, 5) is 11.2. The van der Waals surface area contributed by atoms with Crippen LogP contribution in [0.3, 0.4) is 0 Å². The molecule has 110 valence electrons. The second-order valence-corrected chi connectivity index (χ2v) is 7.00. The number of ether oxygens (including phenoxy) is 2. The van der Waals surface area contributed by atoms with Gasteiger partial charge in [-0.3, -0.25) is 0 Å². The molecule has 0 fully saturated rings. The van der Waals surface area contributed by atoms with Gasteiger partial charge in [0.25, 0.3) is 0 Å². The predicted octanol–water partition coefficient (Wildman–Crippen LogP) is 3.68. The highest BCUT2D eigenvalue weighted by Crippen LogP contribution is 2.35. The van der Waals surface area contributed by atoms with Crippen molar-refractivity contribution in [2.75, 3.05) is 13.2 Å². The Labute approximate surface area is 147 Å². The summed E-state index contributed by atoms with van der Waals surface area (Å²) in [5.41, 5.74) is 0.293. The molecule has 0 heterocycles. The fourth-order valence-electron chi connectivity index (χ4n) is 1.19. The van der Waals surface area contributed by atoms with Gasteiger partial charge in [0.1, 0.15) is 25.1 Å². The van der Waals surface area contributed by atoms with Crippen LogP contribution in [0.25, 0.3) is 0 Å². The Kier molecular flexibility index (Phi) is 7.49. The summed E-state index contributed by atoms with van der Waals surface area (Å²) >= 11 is 8.97. The average Bonchev–Trinajstić information content (AvgIpc) is 2.34. The van der Waals surface area contributed by atoms with E-state index in [0.29, 0.717) is 11.3 Å². The second-order valence-electron chi connectivity index (χ2n) is 4.04. The Balaban J connectivity index is 2.51. The average molecular weight is 520 g/mol. The Hall–Kier alpha value is -0.120. The summed E-state index contributed by atoms with van der Waals surface area (Å²) in [6, 6.07) is 3.79. The van der Waals surface area contributed by atoms with Crippen molar-refractivity contribution in [1.29, 1.82) is 0 Å². The number of carbonyl (C=O) groups is 1. The van der Waals surface area contributed by atoms with E-state index in [9.17, 15) is 9.90 Å². The van der Waals surface area contributed by atoms with Gasteiger partial charge in [0.05, 0.1) is 8.95 Å². The lowest BCUT2D eigenvalue weighted by Crippen LogP contribution is -2.25. The molecule has 0 bridgehead atoms. The Morgan fingerprint density at radius 2 is 1.95 bits per heavy atom. The molecule has 1 aromatic rings. The molecule has 1 aromatic carbocycles. The highest BCUT2D eigenvalue weighted by Gasteiger charge is 2.13. The Bertz CT molecular complexity index is 496. The summed E-state index contributed by atoms with van der Waals surface area (Å²) in [5, 5.41) is 9.71. The number of halogens is 3. The van der Waals surface area contributed by atoms with Crippen molar-refractivity contribution in [2.24, 2.45) is 0 Å². The lowest BCUT2D eigenvalue weighted by Gasteiger charge is -2.15. The molecular formula is C13H13Br2IO4. The van der Waals surface area contributed by atoms with E-state index in [1.165, 1.54) is 0 Å². The van der Waals surface area contributed by atoms with Crippen LogP contribution in [0.5, 0.6) is 5.75 Å². The van der Waals surface area contributed by atoms with Crippen molar-refractivity contribution in [3.63, 3.8) is 0 Å². The molecule has 0 aromatic heterocycles. The molecule has 0 amide bonds. The van der Waals surface area contributed by atoms with Crippen LogP contribution in [0, 0.1) is 3.57 Å². The van der Waals surface area contributed by atoms with Crippen molar-refractivity contribution >= 4 is 60.4 Å². The van der Waals surface area contributed by atoms with Gasteiger partial charge in [0.2, 0.25) is 0 Å². The monoisotopic (exact) mass is 518 g/mol. The molecule has 0 saturated carbocycles. The molecule has 1 rings (SSSR count). The summed E-state index contributed by atoms with van der Waals surface area (Å²) in [6.45, 7) is 4.89. The maximum atomic E-state index is 11.2. The quantitative estimate of drug-likeness (QED) is 0.354. The minimum absolute atomic E-state index is 0.0151. The third kappa shape index (κ3) is 5.71. The van der Waals surface area contributed by atoms with Gasteiger partial charge in [0.15, 0.2) is 0 Å². The van der Waals surface area contributed by atoms with Crippen molar-refractivity contribution in [3.05, 3.63) is 36.8 Å². The lowest BCUT2D eigenvalue weighted by atomic mass is 10.3. The van der Waals surface area contributed by atoms with Gasteiger partial charge in [-0.05, 0) is 73.5 Å². The van der Waals surface area contributed by atoms with E-state index >= 15 is 0 Å². The van der Waals surface area contributed by atoms with Crippen LogP contribution in [0.15, 0.2) is 33.2 Å². The first-order valence-corrected chi connectivity index (χ1v) is 8.25. The number of esters is 1. The van der Waals surface area contributed by atoms with Crippen molar-refractivity contribution in [3.8, 4) is 5.75 Å². The number of hydrogen-bond donors (Lipinski definition) is 1. The number of carbonyl (C=O) groups excluding carboxylic acids is 1. The van der Waals surface area contributed by atoms with Crippen molar-refractivity contribution < 1.29 is 19.4 Å². The fraction of sp³-hybridized carbons (Fsp3) is 0.308. The van der Waals surface area contributed by atoms with Crippen LogP contribution in [-0.2, 0) is 9.53 Å². The third-order valence-corrected chi connectivity index (χ3v) is 3.94. The number of benzene rings is 1. The van der Waals surface area contributed by atoms with Crippen LogP contribution in [0.1, 0.15) is 6.92 Å². The summed E-state index contributed by atoms with van der Waals surface area (Å²) < 4.78 is 13.0. The SMILES string of the molecule is C=C(C)C(=O)OCC(O)COc1c(Br)cc(I)cc1Br. The molecule has 1 N–H and O–H groups in total. The number of hydrogen-bond acceptors (Lipinski definition) is 4. The molecule has 7 heteroatoms. The van der Waals surface area contributed by atoms with E-state index in [4.69, 9.17) is 9.47 Å². The molecule has 0 aliphatic heterocycles. The highest BCUT2D eigenvalue weighted by molar-refractivity contribution is 14.1. The highest BCUT2D eigenvalue weighted by atomic mass is 127. The lowest BCUT2D eigenvalue weighted by molar-refractivity contribution is -0.142. The van der Waals surface area contributed by atoms with E-state index in [1.54, 1.807) is 6.92 Å². The van der Waals surface area contributed by atoms with E-state index in [0.717, 1.165) is 12.5 Å². The van der Waals surface area contributed by atoms with Crippen molar-refractivity contribution in [1.82, 2.24) is 0 Å². The molecule has 0 saturated heterocycles. The number of aliphatic hydroxyl groups excluding tert-OH is 1. The molecule has 1 atom stereocenters. The molecule has 0 aliphatic rings. The van der Waals surface area contributed by atoms with E-state index in [2.05, 4.69) is 61.0 Å². The normalized spacial score (nSPS) is 11.8. The molecule has 0 radical (unpaired) electrons. The fourth-order valence-corrected chi connectivity index (χ4v) is 4.08. The molecule has 1 unspecified atom stereocenters. The molecule has 0 aliphatic carbocycles. The standard InChI is InChI=1S/C13H13Br2IO4/c1-7(2)13(18)20-6-9(17)5-19-12-10(14)3-8(16)4-11(12)15/h3-4,9,17H,1,5-6H2,2H3. The smallest absolute Gasteiger partial charge is 0.333 e. The first-order valence-electron chi connectivity index (χ1n) is 5.59. The predicted molar refractivity (Wildman–Crippen MR) is 91.8 cm³/mol. The van der Waals surface area contributed by atoms with Crippen LogP contribution in [0.2, 0.25) is 0 Å². The zero-order valence-corrected chi connectivity index (χ0v) is 16.0. The minimum atomic E-state index is -0.906. The zero-order valence-electron chi connectivity index (χ0n) is 10.7.